The van der Waals surface area contributed by atoms with Gasteiger partial charge in [-0.05, 0) is 30.3 Å². The molecule has 0 bridgehead atoms. The highest BCUT2D eigenvalue weighted by molar-refractivity contribution is 7.16. The molecule has 1 aromatic heterocycles. The van der Waals surface area contributed by atoms with E-state index in [9.17, 15) is 4.79 Å². The van der Waals surface area contributed by atoms with E-state index in [2.05, 4.69) is 10.3 Å². The molecule has 1 N–H and O–H groups in total. The molecule has 26 heavy (non-hydrogen) atoms. The normalized spacial score (nSPS) is 11.8. The maximum Gasteiger partial charge on any atom is 0.257 e. The van der Waals surface area contributed by atoms with Crippen LogP contribution in [0.5, 0.6) is 17.2 Å². The number of fused-ring (bicyclic) bond motifs is 3. The summed E-state index contributed by atoms with van der Waals surface area (Å²) in [4.78, 5) is 18.1. The van der Waals surface area contributed by atoms with Crippen molar-refractivity contribution in [3.63, 3.8) is 0 Å². The summed E-state index contributed by atoms with van der Waals surface area (Å²) >= 11 is 1.42. The minimum Gasteiger partial charge on any atom is -0.493 e. The summed E-state index contributed by atoms with van der Waals surface area (Å²) in [5.41, 5.74) is 2.27. The summed E-state index contributed by atoms with van der Waals surface area (Å²) < 4.78 is 16.2. The van der Waals surface area contributed by atoms with E-state index < -0.39 is 0 Å². The van der Waals surface area contributed by atoms with Crippen LogP contribution >= 0.6 is 11.3 Å². The largest absolute Gasteiger partial charge is 0.493 e. The summed E-state index contributed by atoms with van der Waals surface area (Å²) in [5.74, 6) is 1.62. The molecule has 4 rings (SSSR count). The second-order valence-electron chi connectivity index (χ2n) is 5.60. The molecule has 0 unspecified atom stereocenters. The van der Waals surface area contributed by atoms with Crippen molar-refractivity contribution in [2.45, 2.75) is 6.61 Å². The topological polar surface area (TPSA) is 69.7 Å². The summed E-state index contributed by atoms with van der Waals surface area (Å²) in [5, 5.41) is 3.39. The first kappa shape index (κ1) is 16.4. The Balaban J connectivity index is 1.59. The van der Waals surface area contributed by atoms with Crippen molar-refractivity contribution in [1.29, 1.82) is 0 Å². The van der Waals surface area contributed by atoms with E-state index in [4.69, 9.17) is 14.2 Å². The molecule has 0 fully saturated rings. The van der Waals surface area contributed by atoms with Crippen molar-refractivity contribution in [1.82, 2.24) is 4.98 Å². The number of carbonyl (C=O) groups excluding carboxylic acids is 1. The van der Waals surface area contributed by atoms with E-state index in [1.807, 2.05) is 24.3 Å². The monoisotopic (exact) mass is 368 g/mol. The molecule has 0 saturated heterocycles. The molecule has 0 atom stereocenters. The number of ether oxygens (including phenoxy) is 3. The molecule has 0 radical (unpaired) electrons. The number of anilines is 1. The Kier molecular flexibility index (Phi) is 4.22. The Morgan fingerprint density at radius 3 is 2.77 bits per heavy atom. The van der Waals surface area contributed by atoms with Gasteiger partial charge < -0.3 is 14.2 Å². The van der Waals surface area contributed by atoms with E-state index in [1.165, 1.54) is 18.4 Å². The molecule has 1 aliphatic heterocycles. The van der Waals surface area contributed by atoms with Gasteiger partial charge in [0.1, 0.15) is 12.4 Å². The Labute approximate surface area is 154 Å². The van der Waals surface area contributed by atoms with Gasteiger partial charge in [0.05, 0.1) is 24.8 Å². The molecule has 1 amide bonds. The zero-order chi connectivity index (χ0) is 18.1. The Morgan fingerprint density at radius 2 is 1.96 bits per heavy atom. The third-order valence-electron chi connectivity index (χ3n) is 4.06. The van der Waals surface area contributed by atoms with Crippen LogP contribution in [0.4, 0.5) is 5.13 Å². The number of benzene rings is 2. The maximum absolute atomic E-state index is 12.6. The van der Waals surface area contributed by atoms with Gasteiger partial charge in [0.25, 0.3) is 5.91 Å². The number of para-hydroxylation sites is 1. The molecule has 2 aromatic carbocycles. The molecule has 0 saturated carbocycles. The first-order valence-corrected chi connectivity index (χ1v) is 8.76. The first-order chi connectivity index (χ1) is 12.7. The molecule has 2 heterocycles. The van der Waals surface area contributed by atoms with Crippen molar-refractivity contribution >= 4 is 22.4 Å². The van der Waals surface area contributed by atoms with E-state index in [1.54, 1.807) is 25.3 Å². The van der Waals surface area contributed by atoms with Gasteiger partial charge in [-0.2, -0.15) is 0 Å². The van der Waals surface area contributed by atoms with Gasteiger partial charge in [-0.15, -0.1) is 0 Å². The lowest BCUT2D eigenvalue weighted by Crippen LogP contribution is -2.12. The predicted molar refractivity (Wildman–Crippen MR) is 99.4 cm³/mol. The van der Waals surface area contributed by atoms with Crippen LogP contribution in [-0.2, 0) is 6.61 Å². The molecular weight excluding hydrogens is 352 g/mol. The van der Waals surface area contributed by atoms with Gasteiger partial charge >= 0.3 is 0 Å². The molecule has 0 aliphatic carbocycles. The number of nitrogens with zero attached hydrogens (tertiary/aromatic N) is 1. The molecule has 3 aromatic rings. The minimum absolute atomic E-state index is 0.258. The number of aromatic nitrogens is 1. The molecule has 6 nitrogen and oxygen atoms in total. The average molecular weight is 368 g/mol. The number of rotatable bonds is 4. The second-order valence-corrected chi connectivity index (χ2v) is 6.68. The van der Waals surface area contributed by atoms with Crippen LogP contribution < -0.4 is 19.5 Å². The number of carbonyl (C=O) groups is 1. The van der Waals surface area contributed by atoms with Crippen molar-refractivity contribution < 1.29 is 19.0 Å². The molecular formula is C19H16N2O4S. The zero-order valence-corrected chi connectivity index (χ0v) is 15.1. The highest BCUT2D eigenvalue weighted by Crippen LogP contribution is 2.40. The first-order valence-electron chi connectivity index (χ1n) is 7.95. The highest BCUT2D eigenvalue weighted by atomic mass is 32.1. The second kappa shape index (κ2) is 6.68. The fourth-order valence-corrected chi connectivity index (χ4v) is 3.68. The van der Waals surface area contributed by atoms with E-state index >= 15 is 0 Å². The molecule has 1 aliphatic rings. The van der Waals surface area contributed by atoms with Gasteiger partial charge in [-0.3, -0.25) is 10.1 Å². The van der Waals surface area contributed by atoms with Crippen molar-refractivity contribution in [3.05, 3.63) is 52.9 Å². The summed E-state index contributed by atoms with van der Waals surface area (Å²) in [6, 6.07) is 12.8. The number of hydrogen-bond acceptors (Lipinski definition) is 6. The standard InChI is InChI=1S/C19H16N2O4S/c1-23-14-8-7-11(9-15(14)24-2)18(22)21-19-20-17-12-5-3-4-6-13(12)25-10-16(17)26-19/h3-9H,10H2,1-2H3,(H,20,21,22). The van der Waals surface area contributed by atoms with Crippen LogP contribution in [0.2, 0.25) is 0 Å². The van der Waals surface area contributed by atoms with E-state index in [-0.39, 0.29) is 5.91 Å². The SMILES string of the molecule is COc1ccc(C(=O)Nc2nc3c(s2)COc2ccccc2-3)cc1OC. The van der Waals surface area contributed by atoms with Crippen molar-refractivity contribution in [2.75, 3.05) is 19.5 Å². The van der Waals surface area contributed by atoms with Gasteiger partial charge in [0, 0.05) is 11.1 Å². The number of thiazole rings is 1. The number of nitrogens with one attached hydrogen (secondary N) is 1. The van der Waals surface area contributed by atoms with Crippen molar-refractivity contribution in [3.8, 4) is 28.5 Å². The number of amides is 1. The van der Waals surface area contributed by atoms with Crippen LogP contribution in [0.3, 0.4) is 0 Å². The number of hydrogen-bond donors (Lipinski definition) is 1. The van der Waals surface area contributed by atoms with Crippen LogP contribution in [0.25, 0.3) is 11.3 Å². The van der Waals surface area contributed by atoms with Gasteiger partial charge in [0.2, 0.25) is 0 Å². The smallest absolute Gasteiger partial charge is 0.257 e. The average Bonchev–Trinajstić information content (AvgIpc) is 3.10. The maximum atomic E-state index is 12.6. The van der Waals surface area contributed by atoms with Gasteiger partial charge in [-0.25, -0.2) is 4.98 Å². The fourth-order valence-electron chi connectivity index (χ4n) is 2.79. The van der Waals surface area contributed by atoms with E-state index in [0.29, 0.717) is 28.8 Å². The Morgan fingerprint density at radius 1 is 1.15 bits per heavy atom. The lowest BCUT2D eigenvalue weighted by atomic mass is 10.1. The summed E-state index contributed by atoms with van der Waals surface area (Å²) in [6.07, 6.45) is 0. The third-order valence-corrected chi connectivity index (χ3v) is 5.01. The highest BCUT2D eigenvalue weighted by Gasteiger charge is 2.22. The third kappa shape index (κ3) is 2.86. The van der Waals surface area contributed by atoms with Crippen LogP contribution in [-0.4, -0.2) is 25.1 Å². The Bertz CT molecular complexity index is 983. The number of methoxy groups -OCH3 is 2. The molecule has 132 valence electrons. The quantitative estimate of drug-likeness (QED) is 0.754. The van der Waals surface area contributed by atoms with Gasteiger partial charge in [-0.1, -0.05) is 23.5 Å². The van der Waals surface area contributed by atoms with Crippen LogP contribution in [0.1, 0.15) is 15.2 Å². The summed E-state index contributed by atoms with van der Waals surface area (Å²) in [6.45, 7) is 0.455. The predicted octanol–water partition coefficient (Wildman–Crippen LogP) is 3.97. The lowest BCUT2D eigenvalue weighted by Gasteiger charge is -2.15. The molecule has 0 spiro atoms. The van der Waals surface area contributed by atoms with Crippen LogP contribution in [0.15, 0.2) is 42.5 Å². The lowest BCUT2D eigenvalue weighted by molar-refractivity contribution is 0.102. The molecule has 7 heteroatoms. The van der Waals surface area contributed by atoms with Crippen LogP contribution in [0, 0.1) is 0 Å². The van der Waals surface area contributed by atoms with Crippen molar-refractivity contribution in [2.24, 2.45) is 0 Å². The van der Waals surface area contributed by atoms with Gasteiger partial charge in [0.15, 0.2) is 16.6 Å². The minimum atomic E-state index is -0.258. The summed E-state index contributed by atoms with van der Waals surface area (Å²) in [7, 11) is 3.09. The zero-order valence-electron chi connectivity index (χ0n) is 14.2. The fraction of sp³-hybridized carbons (Fsp3) is 0.158. The van der Waals surface area contributed by atoms with E-state index in [0.717, 1.165) is 21.9 Å². The Hall–Kier alpha value is -3.06.